The minimum absolute atomic E-state index is 0.244. The van der Waals surface area contributed by atoms with Crippen LogP contribution in [0.5, 0.6) is 11.5 Å². The summed E-state index contributed by atoms with van der Waals surface area (Å²) in [5.41, 5.74) is 0. The zero-order valence-electron chi connectivity index (χ0n) is 12.7. The molecule has 0 bridgehead atoms. The molecule has 112 valence electrons. The van der Waals surface area contributed by atoms with Gasteiger partial charge in [0, 0.05) is 6.04 Å². The van der Waals surface area contributed by atoms with Crippen molar-refractivity contribution in [2.24, 2.45) is 0 Å². The molecule has 0 heterocycles. The second-order valence-electron chi connectivity index (χ2n) is 5.48. The van der Waals surface area contributed by atoms with Crippen LogP contribution in [0.4, 0.5) is 0 Å². The molecular formula is C17H27NO2. The summed E-state index contributed by atoms with van der Waals surface area (Å²) in [6, 6.07) is 8.47. The second kappa shape index (κ2) is 8.15. The largest absolute Gasteiger partial charge is 0.490 e. The highest BCUT2D eigenvalue weighted by Gasteiger charge is 2.24. The highest BCUT2D eigenvalue weighted by atomic mass is 16.5. The molecule has 0 aliphatic heterocycles. The van der Waals surface area contributed by atoms with Crippen LogP contribution in [0.3, 0.4) is 0 Å². The first-order valence-electron chi connectivity index (χ1n) is 7.91. The van der Waals surface area contributed by atoms with Crippen molar-refractivity contribution in [2.45, 2.75) is 57.6 Å². The van der Waals surface area contributed by atoms with E-state index in [0.717, 1.165) is 30.9 Å². The van der Waals surface area contributed by atoms with Gasteiger partial charge in [0.2, 0.25) is 0 Å². The molecule has 1 aromatic rings. The molecule has 0 radical (unpaired) electrons. The van der Waals surface area contributed by atoms with E-state index in [-0.39, 0.29) is 6.10 Å². The van der Waals surface area contributed by atoms with Crippen LogP contribution >= 0.6 is 0 Å². The molecule has 3 nitrogen and oxygen atoms in total. The fraction of sp³-hybridized carbons (Fsp3) is 0.647. The van der Waals surface area contributed by atoms with Gasteiger partial charge in [0.1, 0.15) is 6.10 Å². The minimum atomic E-state index is 0.244. The number of hydrogen-bond acceptors (Lipinski definition) is 3. The van der Waals surface area contributed by atoms with E-state index in [2.05, 4.69) is 12.2 Å². The Morgan fingerprint density at radius 2 is 1.85 bits per heavy atom. The molecule has 0 amide bonds. The molecule has 1 fully saturated rings. The Bertz CT molecular complexity index is 394. The number of para-hydroxylation sites is 2. The maximum absolute atomic E-state index is 6.28. The van der Waals surface area contributed by atoms with E-state index in [1.165, 1.54) is 25.7 Å². The first kappa shape index (κ1) is 15.2. The average molecular weight is 277 g/mol. The minimum Gasteiger partial charge on any atom is -0.490 e. The Morgan fingerprint density at radius 1 is 1.10 bits per heavy atom. The zero-order valence-corrected chi connectivity index (χ0v) is 12.7. The van der Waals surface area contributed by atoms with Gasteiger partial charge in [-0.05, 0) is 44.9 Å². The Balaban J connectivity index is 2.06. The maximum Gasteiger partial charge on any atom is 0.161 e. The molecule has 2 rings (SSSR count). The van der Waals surface area contributed by atoms with Crippen LogP contribution in [0.15, 0.2) is 24.3 Å². The summed E-state index contributed by atoms with van der Waals surface area (Å²) in [5.74, 6) is 1.75. The van der Waals surface area contributed by atoms with Crippen molar-refractivity contribution in [1.82, 2.24) is 5.32 Å². The summed E-state index contributed by atoms with van der Waals surface area (Å²) in [6.45, 7) is 2.85. The van der Waals surface area contributed by atoms with Crippen molar-refractivity contribution < 1.29 is 9.47 Å². The van der Waals surface area contributed by atoms with Gasteiger partial charge in [-0.25, -0.2) is 0 Å². The molecule has 20 heavy (non-hydrogen) atoms. The quantitative estimate of drug-likeness (QED) is 0.803. The lowest BCUT2D eigenvalue weighted by Gasteiger charge is -2.26. The SMILES string of the molecule is CCCOc1ccccc1OC1CCCCCC1NC. The van der Waals surface area contributed by atoms with Gasteiger partial charge < -0.3 is 14.8 Å². The Kier molecular flexibility index (Phi) is 6.19. The molecule has 1 aliphatic rings. The molecule has 0 saturated heterocycles. The monoisotopic (exact) mass is 277 g/mol. The van der Waals surface area contributed by atoms with Crippen molar-refractivity contribution in [2.75, 3.05) is 13.7 Å². The third kappa shape index (κ3) is 4.14. The van der Waals surface area contributed by atoms with Gasteiger partial charge >= 0.3 is 0 Å². The van der Waals surface area contributed by atoms with Crippen LogP contribution in [-0.2, 0) is 0 Å². The molecule has 2 unspecified atom stereocenters. The van der Waals surface area contributed by atoms with Gasteiger partial charge in [-0.2, -0.15) is 0 Å². The summed E-state index contributed by atoms with van der Waals surface area (Å²) >= 11 is 0. The first-order chi connectivity index (χ1) is 9.85. The standard InChI is InChI=1S/C17H27NO2/c1-3-13-19-16-11-7-8-12-17(16)20-15-10-6-4-5-9-14(15)18-2/h7-8,11-12,14-15,18H,3-6,9-10,13H2,1-2H3. The van der Waals surface area contributed by atoms with Gasteiger partial charge in [0.15, 0.2) is 11.5 Å². The first-order valence-corrected chi connectivity index (χ1v) is 7.91. The van der Waals surface area contributed by atoms with Crippen molar-refractivity contribution in [3.63, 3.8) is 0 Å². The van der Waals surface area contributed by atoms with E-state index in [9.17, 15) is 0 Å². The molecule has 0 aromatic heterocycles. The summed E-state index contributed by atoms with van der Waals surface area (Å²) in [4.78, 5) is 0. The third-order valence-electron chi connectivity index (χ3n) is 3.91. The second-order valence-corrected chi connectivity index (χ2v) is 5.48. The third-order valence-corrected chi connectivity index (χ3v) is 3.91. The molecule has 2 atom stereocenters. The van der Waals surface area contributed by atoms with E-state index in [1.54, 1.807) is 0 Å². The van der Waals surface area contributed by atoms with Crippen LogP contribution in [0.1, 0.15) is 45.4 Å². The Hall–Kier alpha value is -1.22. The van der Waals surface area contributed by atoms with Gasteiger partial charge in [-0.3, -0.25) is 0 Å². The number of benzene rings is 1. The smallest absolute Gasteiger partial charge is 0.161 e. The Morgan fingerprint density at radius 3 is 2.60 bits per heavy atom. The lowest BCUT2D eigenvalue weighted by molar-refractivity contribution is 0.141. The lowest BCUT2D eigenvalue weighted by atomic mass is 10.1. The lowest BCUT2D eigenvalue weighted by Crippen LogP contribution is -2.40. The normalized spacial score (nSPS) is 23.1. The summed E-state index contributed by atoms with van der Waals surface area (Å²) in [7, 11) is 2.03. The highest BCUT2D eigenvalue weighted by Crippen LogP contribution is 2.30. The number of hydrogen-bond donors (Lipinski definition) is 1. The van der Waals surface area contributed by atoms with E-state index in [1.807, 2.05) is 31.3 Å². The topological polar surface area (TPSA) is 30.5 Å². The fourth-order valence-electron chi connectivity index (χ4n) is 2.79. The summed E-state index contributed by atoms with van der Waals surface area (Å²) < 4.78 is 12.1. The average Bonchev–Trinajstić information content (AvgIpc) is 2.71. The number of nitrogens with one attached hydrogen (secondary N) is 1. The highest BCUT2D eigenvalue weighted by molar-refractivity contribution is 5.39. The van der Waals surface area contributed by atoms with Crippen LogP contribution in [-0.4, -0.2) is 25.8 Å². The van der Waals surface area contributed by atoms with Crippen molar-refractivity contribution in [3.8, 4) is 11.5 Å². The zero-order chi connectivity index (χ0) is 14.2. The van der Waals surface area contributed by atoms with Crippen molar-refractivity contribution >= 4 is 0 Å². The van der Waals surface area contributed by atoms with E-state index >= 15 is 0 Å². The van der Waals surface area contributed by atoms with Gasteiger partial charge in [0.05, 0.1) is 6.61 Å². The predicted molar refractivity (Wildman–Crippen MR) is 82.6 cm³/mol. The number of likely N-dealkylation sites (N-methyl/N-ethyl adjacent to an activating group) is 1. The van der Waals surface area contributed by atoms with E-state index in [0.29, 0.717) is 6.04 Å². The van der Waals surface area contributed by atoms with Crippen LogP contribution in [0.2, 0.25) is 0 Å². The van der Waals surface area contributed by atoms with Gasteiger partial charge in [-0.15, -0.1) is 0 Å². The van der Waals surface area contributed by atoms with E-state index < -0.39 is 0 Å². The summed E-state index contributed by atoms with van der Waals surface area (Å²) in [5, 5.41) is 3.41. The van der Waals surface area contributed by atoms with Crippen LogP contribution < -0.4 is 14.8 Å². The van der Waals surface area contributed by atoms with Crippen LogP contribution in [0.25, 0.3) is 0 Å². The van der Waals surface area contributed by atoms with Crippen molar-refractivity contribution in [1.29, 1.82) is 0 Å². The molecule has 0 spiro atoms. The molecule has 1 aliphatic carbocycles. The van der Waals surface area contributed by atoms with E-state index in [4.69, 9.17) is 9.47 Å². The molecular weight excluding hydrogens is 250 g/mol. The molecule has 3 heteroatoms. The number of rotatable bonds is 6. The summed E-state index contributed by atoms with van der Waals surface area (Å²) in [6.07, 6.45) is 7.42. The maximum atomic E-state index is 6.28. The molecule has 1 aromatic carbocycles. The molecule has 1 saturated carbocycles. The Labute approximate surface area is 122 Å². The predicted octanol–water partition coefficient (Wildman–Crippen LogP) is 3.77. The van der Waals surface area contributed by atoms with Gasteiger partial charge in [-0.1, -0.05) is 31.9 Å². The molecule has 1 N–H and O–H groups in total. The fourth-order valence-corrected chi connectivity index (χ4v) is 2.79. The van der Waals surface area contributed by atoms with Crippen molar-refractivity contribution in [3.05, 3.63) is 24.3 Å². The number of ether oxygens (including phenoxy) is 2. The van der Waals surface area contributed by atoms with Crippen LogP contribution in [0, 0.1) is 0 Å². The van der Waals surface area contributed by atoms with Gasteiger partial charge in [0.25, 0.3) is 0 Å².